The lowest BCUT2D eigenvalue weighted by atomic mass is 9.43. The van der Waals surface area contributed by atoms with Crippen LogP contribution in [0.1, 0.15) is 78.6 Å². The monoisotopic (exact) mass is 443 g/mol. The third kappa shape index (κ3) is 3.50. The van der Waals surface area contributed by atoms with Gasteiger partial charge in [0, 0.05) is 12.3 Å². The van der Waals surface area contributed by atoms with Crippen LogP contribution in [0.15, 0.2) is 16.6 Å². The molecule has 178 valence electrons. The van der Waals surface area contributed by atoms with Gasteiger partial charge in [0.2, 0.25) is 0 Å². The molecule has 5 unspecified atom stereocenters. The molecular formula is C27H41NO4. The Hall–Kier alpha value is -1.49. The van der Waals surface area contributed by atoms with Crippen molar-refractivity contribution < 1.29 is 19.4 Å². The van der Waals surface area contributed by atoms with Crippen LogP contribution in [-0.4, -0.2) is 42.8 Å². The van der Waals surface area contributed by atoms with Gasteiger partial charge in [0.15, 0.2) is 5.78 Å². The molecular weight excluding hydrogens is 402 g/mol. The summed E-state index contributed by atoms with van der Waals surface area (Å²) in [6.45, 7) is 10.6. The molecule has 5 nitrogen and oxygen atoms in total. The number of carbonyl (C=O) groups is 2. The normalized spacial score (nSPS) is 45.5. The quantitative estimate of drug-likeness (QED) is 0.377. The first-order valence-electron chi connectivity index (χ1n) is 12.6. The van der Waals surface area contributed by atoms with Crippen molar-refractivity contribution in [2.45, 2.75) is 90.7 Å². The SMILES string of the molecule is C=NC(CCC(=O)OC)C1CCC2C3C(=O)/C(=C/C)[C@@H]4C[C@H](O)CC[C@]4(C)C3CC[C@]12C. The Kier molecular flexibility index (Phi) is 6.43. The number of Topliss-reactive ketones (excluding diaryl/α,β-unsaturated/α-hetero) is 1. The van der Waals surface area contributed by atoms with E-state index in [1.165, 1.54) is 7.11 Å². The summed E-state index contributed by atoms with van der Waals surface area (Å²) in [5.41, 5.74) is 1.12. The molecule has 0 aromatic rings. The number of fused-ring (bicyclic) bond motifs is 5. The van der Waals surface area contributed by atoms with E-state index in [0.29, 0.717) is 36.4 Å². The first kappa shape index (κ1) is 23.7. The third-order valence-electron chi connectivity index (χ3n) is 10.4. The highest BCUT2D eigenvalue weighted by atomic mass is 16.5. The van der Waals surface area contributed by atoms with E-state index in [2.05, 4.69) is 25.6 Å². The molecule has 0 bridgehead atoms. The van der Waals surface area contributed by atoms with E-state index in [0.717, 1.165) is 50.5 Å². The summed E-state index contributed by atoms with van der Waals surface area (Å²) >= 11 is 0. The minimum Gasteiger partial charge on any atom is -0.469 e. The number of ether oxygens (including phenoxy) is 1. The molecule has 9 atom stereocenters. The maximum atomic E-state index is 13.9. The number of aliphatic hydroxyl groups excluding tert-OH is 1. The highest BCUT2D eigenvalue weighted by molar-refractivity contribution is 5.99. The van der Waals surface area contributed by atoms with Gasteiger partial charge in [-0.15, -0.1) is 0 Å². The molecule has 0 aliphatic heterocycles. The van der Waals surface area contributed by atoms with Crippen LogP contribution in [0.4, 0.5) is 0 Å². The molecule has 4 fully saturated rings. The minimum atomic E-state index is -0.286. The van der Waals surface area contributed by atoms with Gasteiger partial charge in [-0.3, -0.25) is 14.6 Å². The van der Waals surface area contributed by atoms with E-state index < -0.39 is 0 Å². The van der Waals surface area contributed by atoms with Crippen LogP contribution in [0, 0.1) is 40.4 Å². The molecule has 0 saturated heterocycles. The number of esters is 1. The zero-order valence-corrected chi connectivity index (χ0v) is 20.3. The summed E-state index contributed by atoms with van der Waals surface area (Å²) in [6.07, 6.45) is 9.66. The van der Waals surface area contributed by atoms with Crippen molar-refractivity contribution in [3.05, 3.63) is 11.6 Å². The number of ketones is 1. The second kappa shape index (κ2) is 8.70. The highest BCUT2D eigenvalue weighted by Crippen LogP contribution is 2.68. The fourth-order valence-electron chi connectivity index (χ4n) is 8.65. The summed E-state index contributed by atoms with van der Waals surface area (Å²) in [4.78, 5) is 30.2. The number of aliphatic hydroxyl groups is 1. The van der Waals surface area contributed by atoms with E-state index in [1.807, 2.05) is 13.0 Å². The molecule has 0 heterocycles. The summed E-state index contributed by atoms with van der Waals surface area (Å²) < 4.78 is 4.85. The van der Waals surface area contributed by atoms with Gasteiger partial charge in [0.05, 0.1) is 19.3 Å². The molecule has 0 amide bonds. The molecule has 32 heavy (non-hydrogen) atoms. The van der Waals surface area contributed by atoms with Crippen molar-refractivity contribution in [2.75, 3.05) is 7.11 Å². The molecule has 5 heteroatoms. The predicted molar refractivity (Wildman–Crippen MR) is 125 cm³/mol. The average Bonchev–Trinajstić information content (AvgIpc) is 3.12. The lowest BCUT2D eigenvalue weighted by molar-refractivity contribution is -0.149. The second-order valence-corrected chi connectivity index (χ2v) is 11.4. The maximum absolute atomic E-state index is 13.9. The second-order valence-electron chi connectivity index (χ2n) is 11.4. The van der Waals surface area contributed by atoms with Crippen LogP contribution < -0.4 is 0 Å². The van der Waals surface area contributed by atoms with Crippen LogP contribution in [0.3, 0.4) is 0 Å². The van der Waals surface area contributed by atoms with Gasteiger partial charge in [-0.05, 0) is 105 Å². The van der Waals surface area contributed by atoms with Crippen molar-refractivity contribution in [1.29, 1.82) is 0 Å². The minimum absolute atomic E-state index is 0.0358. The molecule has 0 aromatic heterocycles. The highest BCUT2D eigenvalue weighted by Gasteiger charge is 2.64. The Morgan fingerprint density at radius 3 is 2.56 bits per heavy atom. The van der Waals surface area contributed by atoms with E-state index in [1.54, 1.807) is 0 Å². The predicted octanol–water partition coefficient (Wildman–Crippen LogP) is 4.76. The van der Waals surface area contributed by atoms with E-state index in [9.17, 15) is 14.7 Å². The smallest absolute Gasteiger partial charge is 0.305 e. The zero-order valence-electron chi connectivity index (χ0n) is 20.3. The summed E-state index contributed by atoms with van der Waals surface area (Å²) in [7, 11) is 1.43. The van der Waals surface area contributed by atoms with Gasteiger partial charge in [0.25, 0.3) is 0 Å². The lowest BCUT2D eigenvalue weighted by Crippen LogP contribution is -2.58. The number of nitrogens with zero attached hydrogens (tertiary/aromatic N) is 1. The van der Waals surface area contributed by atoms with Crippen molar-refractivity contribution >= 4 is 18.5 Å². The summed E-state index contributed by atoms with van der Waals surface area (Å²) in [6, 6.07) is 0.0358. The van der Waals surface area contributed by atoms with Crippen LogP contribution in [0.2, 0.25) is 0 Å². The number of carbonyl (C=O) groups excluding carboxylic acids is 2. The van der Waals surface area contributed by atoms with Crippen LogP contribution in [-0.2, 0) is 14.3 Å². The van der Waals surface area contributed by atoms with E-state index in [-0.39, 0.29) is 40.8 Å². The van der Waals surface area contributed by atoms with E-state index >= 15 is 0 Å². The number of rotatable bonds is 5. The molecule has 0 spiro atoms. The van der Waals surface area contributed by atoms with Crippen molar-refractivity contribution in [3.63, 3.8) is 0 Å². The van der Waals surface area contributed by atoms with Crippen molar-refractivity contribution in [1.82, 2.24) is 0 Å². The molecule has 4 saturated carbocycles. The first-order valence-corrected chi connectivity index (χ1v) is 12.6. The fraction of sp³-hybridized carbons (Fsp3) is 0.815. The van der Waals surface area contributed by atoms with Crippen molar-refractivity contribution in [3.8, 4) is 0 Å². The molecule has 1 N–H and O–H groups in total. The Balaban J connectivity index is 1.63. The number of allylic oxidation sites excluding steroid dienone is 2. The van der Waals surface area contributed by atoms with Gasteiger partial charge in [-0.25, -0.2) is 0 Å². The summed E-state index contributed by atoms with van der Waals surface area (Å²) in [5.74, 6) is 1.54. The Morgan fingerprint density at radius 1 is 1.22 bits per heavy atom. The number of methoxy groups -OCH3 is 1. The molecule has 4 aliphatic carbocycles. The van der Waals surface area contributed by atoms with E-state index in [4.69, 9.17) is 4.74 Å². The molecule has 0 aromatic carbocycles. The molecule has 0 radical (unpaired) electrons. The summed E-state index contributed by atoms with van der Waals surface area (Å²) in [5, 5.41) is 10.4. The average molecular weight is 444 g/mol. The topological polar surface area (TPSA) is 76.0 Å². The Labute approximate surface area is 193 Å². The molecule has 4 rings (SSSR count). The lowest BCUT2D eigenvalue weighted by Gasteiger charge is -2.60. The van der Waals surface area contributed by atoms with Crippen LogP contribution in [0.25, 0.3) is 0 Å². The van der Waals surface area contributed by atoms with Gasteiger partial charge < -0.3 is 9.84 Å². The Morgan fingerprint density at radius 2 is 1.91 bits per heavy atom. The number of hydrogen-bond acceptors (Lipinski definition) is 5. The van der Waals surface area contributed by atoms with Gasteiger partial charge in [-0.2, -0.15) is 0 Å². The third-order valence-corrected chi connectivity index (χ3v) is 10.4. The van der Waals surface area contributed by atoms with Gasteiger partial charge in [0.1, 0.15) is 0 Å². The van der Waals surface area contributed by atoms with Crippen LogP contribution >= 0.6 is 0 Å². The van der Waals surface area contributed by atoms with Crippen LogP contribution in [0.5, 0.6) is 0 Å². The number of aliphatic imine (C=N–C) groups is 1. The zero-order chi connectivity index (χ0) is 23.3. The Bertz CT molecular complexity index is 805. The fourth-order valence-corrected chi connectivity index (χ4v) is 8.65. The standard InChI is InChI=1S/C27H41NO4/c1-6-17-21-15-16(29)11-13-27(21,3)20-12-14-26(2)18(7-8-19(26)24(20)25(17)31)22(28-4)9-10-23(30)32-5/h6,16,18-22,24,29H,4,7-15H2,1-3,5H3/b17-6+/t16-,18?,19?,20?,21+,22?,24?,26-,27-/m1/s1. The van der Waals surface area contributed by atoms with Gasteiger partial charge in [-0.1, -0.05) is 19.9 Å². The maximum Gasteiger partial charge on any atom is 0.305 e. The first-order chi connectivity index (χ1) is 15.2. The largest absolute Gasteiger partial charge is 0.469 e. The molecule has 4 aliphatic rings. The van der Waals surface area contributed by atoms with Crippen molar-refractivity contribution in [2.24, 2.45) is 45.4 Å². The number of hydrogen-bond donors (Lipinski definition) is 1. The van der Waals surface area contributed by atoms with Gasteiger partial charge >= 0.3 is 5.97 Å².